The molecule has 1 aliphatic carbocycles. The summed E-state index contributed by atoms with van der Waals surface area (Å²) in [5, 5.41) is 3.16. The number of halogens is 1. The smallest absolute Gasteiger partial charge is 0.223 e. The van der Waals surface area contributed by atoms with Crippen molar-refractivity contribution in [3.63, 3.8) is 0 Å². The van der Waals surface area contributed by atoms with E-state index in [9.17, 15) is 4.79 Å². The van der Waals surface area contributed by atoms with E-state index in [-0.39, 0.29) is 17.9 Å². The van der Waals surface area contributed by atoms with Gasteiger partial charge in [-0.15, -0.1) is 0 Å². The highest BCUT2D eigenvalue weighted by Crippen LogP contribution is 2.22. The van der Waals surface area contributed by atoms with E-state index in [1.54, 1.807) is 0 Å². The van der Waals surface area contributed by atoms with Crippen LogP contribution < -0.4 is 5.32 Å². The Morgan fingerprint density at radius 2 is 1.71 bits per heavy atom. The Hall–Kier alpha value is -0.0500. The van der Waals surface area contributed by atoms with Gasteiger partial charge in [-0.25, -0.2) is 0 Å². The number of hydrogen-bond donors (Lipinski definition) is 1. The molecule has 1 fully saturated rings. The molecule has 0 spiro atoms. The maximum Gasteiger partial charge on any atom is 0.223 e. The summed E-state index contributed by atoms with van der Waals surface area (Å²) >= 11 is 3.53. The van der Waals surface area contributed by atoms with Gasteiger partial charge >= 0.3 is 0 Å². The van der Waals surface area contributed by atoms with Crippen LogP contribution in [0, 0.1) is 5.92 Å². The summed E-state index contributed by atoms with van der Waals surface area (Å²) in [5.41, 5.74) is 0. The molecule has 1 amide bonds. The largest absolute Gasteiger partial charge is 0.353 e. The second kappa shape index (κ2) is 8.12. The van der Waals surface area contributed by atoms with Gasteiger partial charge in [0.1, 0.15) is 0 Å². The standard InChI is InChI=1S/C14H26BrNO/c1-11(15)10-12(2)16-14(17)13-8-6-4-3-5-7-9-13/h11-13H,3-10H2,1-2H3,(H,16,17). The number of nitrogens with one attached hydrogen (secondary N) is 1. The predicted octanol–water partition coefficient (Wildman–Crippen LogP) is 4.03. The molecule has 0 aromatic carbocycles. The zero-order valence-electron chi connectivity index (χ0n) is 11.2. The maximum atomic E-state index is 12.1. The van der Waals surface area contributed by atoms with E-state index in [1.807, 2.05) is 0 Å². The molecule has 100 valence electrons. The predicted molar refractivity (Wildman–Crippen MR) is 76.4 cm³/mol. The Morgan fingerprint density at radius 3 is 2.24 bits per heavy atom. The number of alkyl halides is 1. The van der Waals surface area contributed by atoms with Gasteiger partial charge in [-0.05, 0) is 26.2 Å². The number of amides is 1. The van der Waals surface area contributed by atoms with Crippen molar-refractivity contribution in [1.82, 2.24) is 5.32 Å². The molecule has 2 nitrogen and oxygen atoms in total. The summed E-state index contributed by atoms with van der Waals surface area (Å²) < 4.78 is 0. The Bertz CT molecular complexity index is 222. The van der Waals surface area contributed by atoms with Crippen LogP contribution in [0.3, 0.4) is 0 Å². The number of hydrogen-bond acceptors (Lipinski definition) is 1. The molecule has 1 aliphatic rings. The van der Waals surface area contributed by atoms with Crippen LogP contribution in [0.5, 0.6) is 0 Å². The lowest BCUT2D eigenvalue weighted by molar-refractivity contribution is -0.126. The van der Waals surface area contributed by atoms with Gasteiger partial charge in [-0.1, -0.05) is 55.0 Å². The quantitative estimate of drug-likeness (QED) is 0.781. The van der Waals surface area contributed by atoms with E-state index in [2.05, 4.69) is 35.1 Å². The minimum Gasteiger partial charge on any atom is -0.353 e. The Kier molecular flexibility index (Phi) is 7.17. The SMILES string of the molecule is CC(Br)CC(C)NC(=O)C1CCCCCCC1. The van der Waals surface area contributed by atoms with Gasteiger partial charge in [-0.3, -0.25) is 4.79 Å². The molecule has 0 saturated heterocycles. The first-order valence-electron chi connectivity index (χ1n) is 7.04. The average molecular weight is 304 g/mol. The molecule has 2 atom stereocenters. The van der Waals surface area contributed by atoms with E-state index < -0.39 is 0 Å². The normalized spacial score (nSPS) is 22.3. The van der Waals surface area contributed by atoms with Crippen molar-refractivity contribution in [2.24, 2.45) is 5.92 Å². The third-order valence-electron chi connectivity index (χ3n) is 3.54. The first-order valence-corrected chi connectivity index (χ1v) is 7.95. The highest BCUT2D eigenvalue weighted by molar-refractivity contribution is 9.09. The van der Waals surface area contributed by atoms with Crippen LogP contribution >= 0.6 is 15.9 Å². The molecule has 0 radical (unpaired) electrons. The van der Waals surface area contributed by atoms with Crippen molar-refractivity contribution in [3.05, 3.63) is 0 Å². The maximum absolute atomic E-state index is 12.1. The lowest BCUT2D eigenvalue weighted by atomic mass is 9.90. The molecule has 1 N–H and O–H groups in total. The number of carbonyl (C=O) groups is 1. The van der Waals surface area contributed by atoms with E-state index in [0.29, 0.717) is 4.83 Å². The van der Waals surface area contributed by atoms with Crippen molar-refractivity contribution >= 4 is 21.8 Å². The Balaban J connectivity index is 2.33. The summed E-state index contributed by atoms with van der Waals surface area (Å²) in [4.78, 5) is 12.6. The van der Waals surface area contributed by atoms with Crippen molar-refractivity contribution in [3.8, 4) is 0 Å². The summed E-state index contributed by atoms with van der Waals surface area (Å²) in [6.45, 7) is 4.22. The van der Waals surface area contributed by atoms with Crippen LogP contribution in [0.25, 0.3) is 0 Å². The molecule has 17 heavy (non-hydrogen) atoms. The average Bonchev–Trinajstić information content (AvgIpc) is 2.14. The second-order valence-electron chi connectivity index (χ2n) is 5.47. The molecule has 0 aliphatic heterocycles. The van der Waals surface area contributed by atoms with Gasteiger partial charge < -0.3 is 5.32 Å². The summed E-state index contributed by atoms with van der Waals surface area (Å²) in [7, 11) is 0. The topological polar surface area (TPSA) is 29.1 Å². The van der Waals surface area contributed by atoms with Gasteiger partial charge in [0, 0.05) is 16.8 Å². The summed E-state index contributed by atoms with van der Waals surface area (Å²) in [6, 6.07) is 0.280. The molecule has 1 rings (SSSR count). The Labute approximate surface area is 114 Å². The minimum atomic E-state index is 0.267. The van der Waals surface area contributed by atoms with Crippen molar-refractivity contribution < 1.29 is 4.79 Å². The third-order valence-corrected chi connectivity index (χ3v) is 3.92. The van der Waals surface area contributed by atoms with Crippen molar-refractivity contribution in [2.75, 3.05) is 0 Å². The van der Waals surface area contributed by atoms with Crippen LogP contribution in [0.15, 0.2) is 0 Å². The Morgan fingerprint density at radius 1 is 1.18 bits per heavy atom. The molecule has 0 bridgehead atoms. The number of rotatable bonds is 4. The second-order valence-corrected chi connectivity index (χ2v) is 7.03. The van der Waals surface area contributed by atoms with Crippen LogP contribution in [-0.4, -0.2) is 16.8 Å². The van der Waals surface area contributed by atoms with E-state index in [4.69, 9.17) is 0 Å². The van der Waals surface area contributed by atoms with E-state index in [0.717, 1.165) is 19.3 Å². The molecule has 3 heteroatoms. The summed E-state index contributed by atoms with van der Waals surface area (Å²) in [5.74, 6) is 0.552. The van der Waals surface area contributed by atoms with Gasteiger partial charge in [0.25, 0.3) is 0 Å². The lowest BCUT2D eigenvalue weighted by Gasteiger charge is -2.22. The summed E-state index contributed by atoms with van der Waals surface area (Å²) in [6.07, 6.45) is 9.58. The fourth-order valence-corrected chi connectivity index (χ4v) is 3.19. The minimum absolute atomic E-state index is 0.267. The van der Waals surface area contributed by atoms with Crippen LogP contribution in [-0.2, 0) is 4.79 Å². The molecule has 0 aromatic rings. The monoisotopic (exact) mass is 303 g/mol. The zero-order chi connectivity index (χ0) is 12.7. The van der Waals surface area contributed by atoms with E-state index >= 15 is 0 Å². The van der Waals surface area contributed by atoms with Crippen LogP contribution in [0.1, 0.15) is 65.2 Å². The molecule has 0 aromatic heterocycles. The molecule has 0 heterocycles. The van der Waals surface area contributed by atoms with Gasteiger partial charge in [-0.2, -0.15) is 0 Å². The zero-order valence-corrected chi connectivity index (χ0v) is 12.8. The molecule has 2 unspecified atom stereocenters. The molecule has 1 saturated carbocycles. The van der Waals surface area contributed by atoms with Crippen LogP contribution in [0.4, 0.5) is 0 Å². The number of carbonyl (C=O) groups excluding carboxylic acids is 1. The van der Waals surface area contributed by atoms with Gasteiger partial charge in [0.15, 0.2) is 0 Å². The fourth-order valence-electron chi connectivity index (χ4n) is 2.63. The lowest BCUT2D eigenvalue weighted by Crippen LogP contribution is -2.38. The third kappa shape index (κ3) is 6.44. The molecular weight excluding hydrogens is 278 g/mol. The highest BCUT2D eigenvalue weighted by Gasteiger charge is 2.20. The van der Waals surface area contributed by atoms with Gasteiger partial charge in [0.05, 0.1) is 0 Å². The highest BCUT2D eigenvalue weighted by atomic mass is 79.9. The first-order chi connectivity index (χ1) is 8.09. The van der Waals surface area contributed by atoms with E-state index in [1.165, 1.54) is 32.1 Å². The fraction of sp³-hybridized carbons (Fsp3) is 0.929. The first kappa shape index (κ1) is 15.0. The van der Waals surface area contributed by atoms with Crippen LogP contribution in [0.2, 0.25) is 0 Å². The van der Waals surface area contributed by atoms with Crippen molar-refractivity contribution in [2.45, 2.75) is 76.1 Å². The molecular formula is C14H26BrNO. The van der Waals surface area contributed by atoms with Crippen molar-refractivity contribution in [1.29, 1.82) is 0 Å². The van der Waals surface area contributed by atoms with Gasteiger partial charge in [0.2, 0.25) is 5.91 Å².